The standard InChI is InChI=1S/C15H17N7O2S/c23-22(24)11-6-7-12-13(8-11)17-14(16-12)9-25-15-18-19-20-21(15)10-4-2-1-3-5-10/h6-8,10H,1-5,9H2,(H,16,17). The molecular formula is C15H17N7O2S. The number of nitrogens with one attached hydrogen (secondary N) is 1. The Morgan fingerprint density at radius 1 is 1.32 bits per heavy atom. The van der Waals surface area contributed by atoms with Crippen LogP contribution in [0.3, 0.4) is 0 Å². The van der Waals surface area contributed by atoms with Gasteiger partial charge in [0.1, 0.15) is 5.82 Å². The summed E-state index contributed by atoms with van der Waals surface area (Å²) in [5.41, 5.74) is 1.43. The van der Waals surface area contributed by atoms with E-state index in [0.717, 1.165) is 23.8 Å². The lowest BCUT2D eigenvalue weighted by Crippen LogP contribution is -2.15. The van der Waals surface area contributed by atoms with Crippen LogP contribution in [-0.4, -0.2) is 35.1 Å². The van der Waals surface area contributed by atoms with Crippen LogP contribution in [0.5, 0.6) is 0 Å². The van der Waals surface area contributed by atoms with Crippen LogP contribution in [0.25, 0.3) is 11.0 Å². The first-order chi connectivity index (χ1) is 12.2. The Hall–Kier alpha value is -2.49. The van der Waals surface area contributed by atoms with Gasteiger partial charge in [0.15, 0.2) is 0 Å². The molecule has 2 aromatic heterocycles. The molecule has 1 N–H and O–H groups in total. The molecule has 1 fully saturated rings. The fourth-order valence-corrected chi connectivity index (χ4v) is 4.02. The van der Waals surface area contributed by atoms with Crippen LogP contribution in [0.2, 0.25) is 0 Å². The Bertz CT molecular complexity index is 900. The van der Waals surface area contributed by atoms with Gasteiger partial charge in [-0.2, -0.15) is 0 Å². The van der Waals surface area contributed by atoms with E-state index in [-0.39, 0.29) is 5.69 Å². The first-order valence-corrected chi connectivity index (χ1v) is 9.23. The summed E-state index contributed by atoms with van der Waals surface area (Å²) in [6.45, 7) is 0. The molecular weight excluding hydrogens is 342 g/mol. The summed E-state index contributed by atoms with van der Waals surface area (Å²) in [6.07, 6.45) is 5.96. The van der Waals surface area contributed by atoms with Crippen molar-refractivity contribution in [3.05, 3.63) is 34.1 Å². The first kappa shape index (κ1) is 16.0. The molecule has 0 unspecified atom stereocenters. The summed E-state index contributed by atoms with van der Waals surface area (Å²) in [7, 11) is 0. The van der Waals surface area contributed by atoms with Crippen LogP contribution in [0.15, 0.2) is 23.4 Å². The lowest BCUT2D eigenvalue weighted by molar-refractivity contribution is -0.384. The molecule has 3 aromatic rings. The van der Waals surface area contributed by atoms with Crippen molar-refractivity contribution in [1.29, 1.82) is 0 Å². The van der Waals surface area contributed by atoms with E-state index >= 15 is 0 Å². The van der Waals surface area contributed by atoms with E-state index < -0.39 is 4.92 Å². The smallest absolute Gasteiger partial charge is 0.271 e. The highest BCUT2D eigenvalue weighted by Gasteiger charge is 2.20. The number of rotatable bonds is 5. The van der Waals surface area contributed by atoms with Crippen molar-refractivity contribution in [2.45, 2.75) is 49.1 Å². The minimum absolute atomic E-state index is 0.0524. The average molecular weight is 359 g/mol. The van der Waals surface area contributed by atoms with E-state index in [2.05, 4.69) is 25.5 Å². The normalized spacial score (nSPS) is 15.7. The number of aromatic amines is 1. The molecule has 25 heavy (non-hydrogen) atoms. The van der Waals surface area contributed by atoms with E-state index in [1.807, 2.05) is 4.68 Å². The van der Waals surface area contributed by atoms with E-state index in [0.29, 0.717) is 22.8 Å². The number of tetrazole rings is 1. The number of nitro groups is 1. The SMILES string of the molecule is O=[N+]([O-])c1ccc2nc(CSc3nnnn3C3CCCCC3)[nH]c2c1. The maximum Gasteiger partial charge on any atom is 0.271 e. The fraction of sp³-hybridized carbons (Fsp3) is 0.467. The van der Waals surface area contributed by atoms with Gasteiger partial charge < -0.3 is 4.98 Å². The van der Waals surface area contributed by atoms with Crippen LogP contribution < -0.4 is 0 Å². The summed E-state index contributed by atoms with van der Waals surface area (Å²) in [4.78, 5) is 18.1. The minimum atomic E-state index is -0.410. The van der Waals surface area contributed by atoms with Crippen LogP contribution >= 0.6 is 11.8 Å². The van der Waals surface area contributed by atoms with Gasteiger partial charge in [0, 0.05) is 12.1 Å². The number of hydrogen-bond donors (Lipinski definition) is 1. The number of non-ortho nitro benzene ring substituents is 1. The summed E-state index contributed by atoms with van der Waals surface area (Å²) < 4.78 is 1.93. The maximum atomic E-state index is 10.9. The lowest BCUT2D eigenvalue weighted by Gasteiger charge is -2.21. The van der Waals surface area contributed by atoms with Crippen LogP contribution in [0.4, 0.5) is 5.69 Å². The Labute approximate surface area is 147 Å². The monoisotopic (exact) mass is 359 g/mol. The highest BCUT2D eigenvalue weighted by Crippen LogP contribution is 2.31. The number of H-pyrrole nitrogens is 1. The summed E-state index contributed by atoms with van der Waals surface area (Å²) in [5, 5.41) is 23.8. The fourth-order valence-electron chi connectivity index (χ4n) is 3.20. The molecule has 0 amide bonds. The molecule has 0 bridgehead atoms. The minimum Gasteiger partial charge on any atom is -0.341 e. The number of hydrogen-bond acceptors (Lipinski definition) is 7. The number of thioether (sulfide) groups is 1. The molecule has 1 aromatic carbocycles. The van der Waals surface area contributed by atoms with Crippen LogP contribution in [0, 0.1) is 10.1 Å². The summed E-state index contributed by atoms with van der Waals surface area (Å²) in [5.74, 6) is 1.33. The summed E-state index contributed by atoms with van der Waals surface area (Å²) in [6, 6.07) is 5.00. The van der Waals surface area contributed by atoms with Crippen molar-refractivity contribution in [3.63, 3.8) is 0 Å². The number of imidazole rings is 1. The number of aromatic nitrogens is 6. The number of nitrogens with zero attached hydrogens (tertiary/aromatic N) is 6. The first-order valence-electron chi connectivity index (χ1n) is 8.24. The molecule has 0 radical (unpaired) electrons. The highest BCUT2D eigenvalue weighted by atomic mass is 32.2. The van der Waals surface area contributed by atoms with Crippen molar-refractivity contribution in [3.8, 4) is 0 Å². The Morgan fingerprint density at radius 3 is 2.96 bits per heavy atom. The predicted octanol–water partition coefficient (Wildman–Crippen LogP) is 3.26. The van der Waals surface area contributed by atoms with Gasteiger partial charge in [0.25, 0.3) is 5.69 Å². The van der Waals surface area contributed by atoms with Crippen LogP contribution in [-0.2, 0) is 5.75 Å². The third kappa shape index (κ3) is 3.34. The molecule has 2 heterocycles. The third-order valence-electron chi connectivity index (χ3n) is 4.45. The summed E-state index contributed by atoms with van der Waals surface area (Å²) >= 11 is 1.53. The Morgan fingerprint density at radius 2 is 2.16 bits per heavy atom. The molecule has 0 spiro atoms. The molecule has 4 rings (SSSR count). The van der Waals surface area contributed by atoms with Crippen molar-refractivity contribution in [2.24, 2.45) is 0 Å². The Balaban J connectivity index is 1.49. The topological polar surface area (TPSA) is 115 Å². The number of nitro benzene ring substituents is 1. The highest BCUT2D eigenvalue weighted by molar-refractivity contribution is 7.98. The zero-order chi connectivity index (χ0) is 17.2. The molecule has 0 saturated heterocycles. The van der Waals surface area contributed by atoms with Gasteiger partial charge in [0.05, 0.1) is 27.8 Å². The largest absolute Gasteiger partial charge is 0.341 e. The van der Waals surface area contributed by atoms with Crippen molar-refractivity contribution >= 4 is 28.5 Å². The molecule has 130 valence electrons. The zero-order valence-electron chi connectivity index (χ0n) is 13.5. The van der Waals surface area contributed by atoms with Gasteiger partial charge >= 0.3 is 0 Å². The van der Waals surface area contributed by atoms with Crippen molar-refractivity contribution in [2.75, 3.05) is 0 Å². The molecule has 10 heteroatoms. The molecule has 0 aliphatic heterocycles. The van der Waals surface area contributed by atoms with Gasteiger partial charge in [-0.3, -0.25) is 10.1 Å². The van der Waals surface area contributed by atoms with E-state index in [1.54, 1.807) is 6.07 Å². The van der Waals surface area contributed by atoms with Gasteiger partial charge in [-0.25, -0.2) is 9.67 Å². The van der Waals surface area contributed by atoms with Gasteiger partial charge in [-0.05, 0) is 29.3 Å². The van der Waals surface area contributed by atoms with Gasteiger partial charge in [-0.1, -0.05) is 31.0 Å². The van der Waals surface area contributed by atoms with Gasteiger partial charge in [0.2, 0.25) is 5.16 Å². The quantitative estimate of drug-likeness (QED) is 0.422. The van der Waals surface area contributed by atoms with E-state index in [1.165, 1.54) is 43.2 Å². The molecule has 1 saturated carbocycles. The second-order valence-corrected chi connectivity index (χ2v) is 7.07. The van der Waals surface area contributed by atoms with Crippen LogP contribution in [0.1, 0.15) is 44.0 Å². The third-order valence-corrected chi connectivity index (χ3v) is 5.39. The zero-order valence-corrected chi connectivity index (χ0v) is 14.3. The lowest BCUT2D eigenvalue weighted by atomic mass is 9.96. The molecule has 9 nitrogen and oxygen atoms in total. The van der Waals surface area contributed by atoms with Crippen molar-refractivity contribution < 1.29 is 4.92 Å². The second kappa shape index (κ2) is 6.79. The maximum absolute atomic E-state index is 10.9. The van der Waals surface area contributed by atoms with Crippen molar-refractivity contribution in [1.82, 2.24) is 30.2 Å². The average Bonchev–Trinajstić information content (AvgIpc) is 3.26. The van der Waals surface area contributed by atoms with E-state index in [9.17, 15) is 10.1 Å². The second-order valence-electron chi connectivity index (χ2n) is 6.13. The molecule has 0 atom stereocenters. The number of benzene rings is 1. The Kier molecular flexibility index (Phi) is 4.35. The molecule has 1 aliphatic carbocycles. The molecule has 1 aliphatic rings. The predicted molar refractivity (Wildman–Crippen MR) is 92.2 cm³/mol. The van der Waals surface area contributed by atoms with E-state index in [4.69, 9.17) is 0 Å². The van der Waals surface area contributed by atoms with Gasteiger partial charge in [-0.15, -0.1) is 5.10 Å². The number of fused-ring (bicyclic) bond motifs is 1.